The molecular formula is C13H22N2O3. The second-order valence-electron chi connectivity index (χ2n) is 3.88. The van der Waals surface area contributed by atoms with E-state index < -0.39 is 0 Å². The summed E-state index contributed by atoms with van der Waals surface area (Å²) in [6, 6.07) is 5.59. The monoisotopic (exact) mass is 254 g/mol. The van der Waals surface area contributed by atoms with Crippen LogP contribution in [-0.4, -0.2) is 40.6 Å². The Morgan fingerprint density at radius 3 is 2.67 bits per heavy atom. The van der Waals surface area contributed by atoms with E-state index in [2.05, 4.69) is 5.32 Å². The van der Waals surface area contributed by atoms with Gasteiger partial charge in [0.2, 0.25) is 0 Å². The summed E-state index contributed by atoms with van der Waals surface area (Å²) in [5.41, 5.74) is 7.41. The maximum atomic E-state index is 5.76. The van der Waals surface area contributed by atoms with Crippen LogP contribution in [0, 0.1) is 0 Å². The zero-order chi connectivity index (χ0) is 13.2. The van der Waals surface area contributed by atoms with Gasteiger partial charge in [0.05, 0.1) is 20.3 Å². The molecule has 0 aliphatic heterocycles. The standard InChI is InChI=1S/C13H22N2O3/c1-16-6-7-18-5-3-4-15-12-8-11(14)9-13(10-12)17-2/h8-10,15H,3-7,14H2,1-2H3. The summed E-state index contributed by atoms with van der Waals surface area (Å²) in [6.07, 6.45) is 0.931. The van der Waals surface area contributed by atoms with Gasteiger partial charge in [0.15, 0.2) is 0 Å². The molecule has 0 saturated heterocycles. The number of ether oxygens (including phenoxy) is 3. The molecule has 18 heavy (non-hydrogen) atoms. The van der Waals surface area contributed by atoms with Crippen molar-refractivity contribution in [3.05, 3.63) is 18.2 Å². The van der Waals surface area contributed by atoms with Crippen molar-refractivity contribution in [2.45, 2.75) is 6.42 Å². The summed E-state index contributed by atoms with van der Waals surface area (Å²) < 4.78 is 15.4. The Hall–Kier alpha value is -1.46. The first-order valence-electron chi connectivity index (χ1n) is 6.01. The number of hydrogen-bond acceptors (Lipinski definition) is 5. The maximum absolute atomic E-state index is 5.76. The first-order chi connectivity index (χ1) is 8.76. The molecule has 102 valence electrons. The van der Waals surface area contributed by atoms with Gasteiger partial charge in [-0.05, 0) is 12.5 Å². The Balaban J connectivity index is 2.20. The highest BCUT2D eigenvalue weighted by Crippen LogP contribution is 2.21. The Morgan fingerprint density at radius 2 is 1.94 bits per heavy atom. The summed E-state index contributed by atoms with van der Waals surface area (Å²) in [5.74, 6) is 0.758. The number of nitrogen functional groups attached to an aromatic ring is 1. The minimum absolute atomic E-state index is 0.639. The SMILES string of the molecule is COCCOCCCNc1cc(N)cc(OC)c1. The third-order valence-corrected chi connectivity index (χ3v) is 2.39. The molecule has 0 aromatic heterocycles. The predicted octanol–water partition coefficient (Wildman–Crippen LogP) is 1.74. The quantitative estimate of drug-likeness (QED) is 0.519. The second kappa shape index (κ2) is 8.60. The van der Waals surface area contributed by atoms with Crippen LogP contribution in [0.2, 0.25) is 0 Å². The molecule has 0 unspecified atom stereocenters. The summed E-state index contributed by atoms with van der Waals surface area (Å²) in [5, 5.41) is 3.28. The van der Waals surface area contributed by atoms with Gasteiger partial charge in [-0.15, -0.1) is 0 Å². The lowest BCUT2D eigenvalue weighted by Gasteiger charge is -2.09. The fourth-order valence-electron chi connectivity index (χ4n) is 1.49. The van der Waals surface area contributed by atoms with E-state index in [0.29, 0.717) is 18.9 Å². The number of hydrogen-bond donors (Lipinski definition) is 2. The van der Waals surface area contributed by atoms with E-state index in [9.17, 15) is 0 Å². The van der Waals surface area contributed by atoms with Crippen molar-refractivity contribution in [1.29, 1.82) is 0 Å². The van der Waals surface area contributed by atoms with Crippen LogP contribution < -0.4 is 15.8 Å². The fourth-order valence-corrected chi connectivity index (χ4v) is 1.49. The van der Waals surface area contributed by atoms with Gasteiger partial charge < -0.3 is 25.3 Å². The molecule has 0 bridgehead atoms. The van der Waals surface area contributed by atoms with Gasteiger partial charge in [-0.2, -0.15) is 0 Å². The van der Waals surface area contributed by atoms with Gasteiger partial charge in [-0.1, -0.05) is 0 Å². The van der Waals surface area contributed by atoms with Crippen molar-refractivity contribution in [3.63, 3.8) is 0 Å². The summed E-state index contributed by atoms with van der Waals surface area (Å²) in [6.45, 7) is 2.83. The fraction of sp³-hybridized carbons (Fsp3) is 0.538. The van der Waals surface area contributed by atoms with E-state index in [1.54, 1.807) is 20.3 Å². The van der Waals surface area contributed by atoms with Gasteiger partial charge in [0.1, 0.15) is 5.75 Å². The predicted molar refractivity (Wildman–Crippen MR) is 73.2 cm³/mol. The average Bonchev–Trinajstić information content (AvgIpc) is 2.37. The van der Waals surface area contributed by atoms with E-state index in [0.717, 1.165) is 31.0 Å². The maximum Gasteiger partial charge on any atom is 0.122 e. The Labute approximate surface area is 108 Å². The first-order valence-corrected chi connectivity index (χ1v) is 6.01. The van der Waals surface area contributed by atoms with Crippen molar-refractivity contribution >= 4 is 11.4 Å². The minimum Gasteiger partial charge on any atom is -0.497 e. The molecule has 1 aromatic rings. The molecule has 3 N–H and O–H groups in total. The zero-order valence-electron chi connectivity index (χ0n) is 11.1. The lowest BCUT2D eigenvalue weighted by molar-refractivity contribution is 0.0705. The molecular weight excluding hydrogens is 232 g/mol. The molecule has 0 radical (unpaired) electrons. The summed E-state index contributed by atoms with van der Waals surface area (Å²) >= 11 is 0. The third-order valence-electron chi connectivity index (χ3n) is 2.39. The van der Waals surface area contributed by atoms with Crippen molar-refractivity contribution in [2.24, 2.45) is 0 Å². The molecule has 0 aliphatic rings. The van der Waals surface area contributed by atoms with Crippen LogP contribution in [0.1, 0.15) is 6.42 Å². The van der Waals surface area contributed by atoms with Gasteiger partial charge in [0, 0.05) is 43.8 Å². The van der Waals surface area contributed by atoms with Crippen molar-refractivity contribution < 1.29 is 14.2 Å². The molecule has 5 heteroatoms. The molecule has 0 spiro atoms. The molecule has 1 aromatic carbocycles. The highest BCUT2D eigenvalue weighted by Gasteiger charge is 1.98. The van der Waals surface area contributed by atoms with Crippen LogP contribution in [0.5, 0.6) is 5.75 Å². The Bertz CT molecular complexity index is 345. The first kappa shape index (κ1) is 14.6. The van der Waals surface area contributed by atoms with Crippen LogP contribution in [0.4, 0.5) is 11.4 Å². The smallest absolute Gasteiger partial charge is 0.122 e. The molecule has 0 atom stereocenters. The van der Waals surface area contributed by atoms with Crippen molar-refractivity contribution in [2.75, 3.05) is 51.6 Å². The zero-order valence-corrected chi connectivity index (χ0v) is 11.1. The molecule has 0 aliphatic carbocycles. The van der Waals surface area contributed by atoms with Crippen LogP contribution in [-0.2, 0) is 9.47 Å². The van der Waals surface area contributed by atoms with E-state index in [1.807, 2.05) is 12.1 Å². The minimum atomic E-state index is 0.639. The average molecular weight is 254 g/mol. The normalized spacial score (nSPS) is 10.3. The Morgan fingerprint density at radius 1 is 1.11 bits per heavy atom. The highest BCUT2D eigenvalue weighted by atomic mass is 16.5. The largest absolute Gasteiger partial charge is 0.497 e. The van der Waals surface area contributed by atoms with Crippen LogP contribution in [0.15, 0.2) is 18.2 Å². The van der Waals surface area contributed by atoms with Gasteiger partial charge in [0.25, 0.3) is 0 Å². The highest BCUT2D eigenvalue weighted by molar-refractivity contribution is 5.59. The number of nitrogens with two attached hydrogens (primary N) is 1. The van der Waals surface area contributed by atoms with E-state index in [-0.39, 0.29) is 0 Å². The van der Waals surface area contributed by atoms with E-state index in [1.165, 1.54) is 0 Å². The van der Waals surface area contributed by atoms with Crippen molar-refractivity contribution in [1.82, 2.24) is 0 Å². The topological polar surface area (TPSA) is 65.7 Å². The molecule has 5 nitrogen and oxygen atoms in total. The van der Waals surface area contributed by atoms with Crippen LogP contribution in [0.3, 0.4) is 0 Å². The lowest BCUT2D eigenvalue weighted by atomic mass is 10.2. The number of rotatable bonds is 9. The third kappa shape index (κ3) is 5.75. The Kier molecular flexibility index (Phi) is 6.98. The number of benzene rings is 1. The van der Waals surface area contributed by atoms with Crippen molar-refractivity contribution in [3.8, 4) is 5.75 Å². The lowest BCUT2D eigenvalue weighted by Crippen LogP contribution is -2.08. The number of methoxy groups -OCH3 is 2. The summed E-state index contributed by atoms with van der Waals surface area (Å²) in [4.78, 5) is 0. The molecule has 0 fully saturated rings. The molecule has 0 amide bonds. The molecule has 1 rings (SSSR count). The van der Waals surface area contributed by atoms with E-state index >= 15 is 0 Å². The van der Waals surface area contributed by atoms with Gasteiger partial charge in [-0.25, -0.2) is 0 Å². The summed E-state index contributed by atoms with van der Waals surface area (Å²) in [7, 11) is 3.29. The van der Waals surface area contributed by atoms with Gasteiger partial charge in [-0.3, -0.25) is 0 Å². The molecule has 0 heterocycles. The van der Waals surface area contributed by atoms with E-state index in [4.69, 9.17) is 19.9 Å². The van der Waals surface area contributed by atoms with Crippen LogP contribution >= 0.6 is 0 Å². The number of nitrogens with one attached hydrogen (secondary N) is 1. The second-order valence-corrected chi connectivity index (χ2v) is 3.88. The molecule has 0 saturated carbocycles. The van der Waals surface area contributed by atoms with Gasteiger partial charge >= 0.3 is 0 Å². The number of anilines is 2. The van der Waals surface area contributed by atoms with Crippen LogP contribution in [0.25, 0.3) is 0 Å².